The van der Waals surface area contributed by atoms with Crippen LogP contribution in [0.15, 0.2) is 18.2 Å². The third kappa shape index (κ3) is 3.69. The van der Waals surface area contributed by atoms with Crippen LogP contribution in [0, 0.1) is 13.8 Å². The molecule has 1 aliphatic rings. The number of carbonyl (C=O) groups is 2. The van der Waals surface area contributed by atoms with Gasteiger partial charge in [-0.05, 0) is 43.9 Å². The van der Waals surface area contributed by atoms with Crippen molar-refractivity contribution in [1.82, 2.24) is 20.1 Å². The number of hydrogen-bond donors (Lipinski definition) is 2. The van der Waals surface area contributed by atoms with Crippen molar-refractivity contribution >= 4 is 22.8 Å². The number of likely N-dealkylation sites (tertiary alicyclic amines) is 1. The fraction of sp³-hybridized carbons (Fsp3) is 0.500. The smallest absolute Gasteiger partial charge is 0.317 e. The number of aromatic nitrogens is 1. The van der Waals surface area contributed by atoms with E-state index in [-0.39, 0.29) is 18.0 Å². The minimum atomic E-state index is -0.0978. The van der Waals surface area contributed by atoms with Crippen molar-refractivity contribution in [2.45, 2.75) is 46.2 Å². The number of rotatable bonds is 3. The molecule has 2 heterocycles. The van der Waals surface area contributed by atoms with E-state index in [1.807, 2.05) is 11.9 Å². The lowest BCUT2D eigenvalue weighted by atomic mass is 10.0. The standard InChI is InChI=1S/C20H28N4O2/c1-13-14(2)22-19-10-16(7-8-18(13)19)11-21-20(26)23(4)17-6-5-9-24(12-17)15(3)25/h7-8,10,17,22H,5-6,9,11-12H2,1-4H3,(H,21,26)/t17-/m1/s1. The van der Waals surface area contributed by atoms with Crippen LogP contribution in [0.1, 0.15) is 36.6 Å². The van der Waals surface area contributed by atoms with Gasteiger partial charge in [0.15, 0.2) is 0 Å². The van der Waals surface area contributed by atoms with Crippen LogP contribution >= 0.6 is 0 Å². The molecule has 3 amide bonds. The second kappa shape index (κ2) is 7.40. The van der Waals surface area contributed by atoms with Crippen molar-refractivity contribution in [2.24, 2.45) is 0 Å². The molecule has 1 aliphatic heterocycles. The molecular weight excluding hydrogens is 328 g/mol. The molecule has 0 saturated carbocycles. The van der Waals surface area contributed by atoms with Crippen LogP contribution in [0.2, 0.25) is 0 Å². The number of aromatic amines is 1. The van der Waals surface area contributed by atoms with Gasteiger partial charge in [-0.3, -0.25) is 4.79 Å². The lowest BCUT2D eigenvalue weighted by Crippen LogP contribution is -2.52. The first-order valence-corrected chi connectivity index (χ1v) is 9.20. The Kier molecular flexibility index (Phi) is 5.20. The average Bonchev–Trinajstić information content (AvgIpc) is 2.92. The van der Waals surface area contributed by atoms with Crippen LogP contribution in [-0.2, 0) is 11.3 Å². The molecule has 6 nitrogen and oxygen atoms in total. The lowest BCUT2D eigenvalue weighted by Gasteiger charge is -2.37. The van der Waals surface area contributed by atoms with Crippen LogP contribution in [0.3, 0.4) is 0 Å². The Morgan fingerprint density at radius 1 is 1.35 bits per heavy atom. The molecule has 0 aliphatic carbocycles. The molecule has 0 radical (unpaired) electrons. The molecule has 2 aromatic rings. The maximum atomic E-state index is 12.5. The van der Waals surface area contributed by atoms with E-state index in [1.54, 1.807) is 11.8 Å². The van der Waals surface area contributed by atoms with Crippen molar-refractivity contribution in [3.05, 3.63) is 35.0 Å². The Labute approximate surface area is 154 Å². The summed E-state index contributed by atoms with van der Waals surface area (Å²) in [5.41, 5.74) is 4.61. The predicted octanol–water partition coefficient (Wildman–Crippen LogP) is 2.94. The summed E-state index contributed by atoms with van der Waals surface area (Å²) in [4.78, 5) is 31.0. The first kappa shape index (κ1) is 18.3. The Morgan fingerprint density at radius 3 is 2.85 bits per heavy atom. The second-order valence-electron chi connectivity index (χ2n) is 7.29. The van der Waals surface area contributed by atoms with Crippen LogP contribution in [0.4, 0.5) is 4.79 Å². The van der Waals surface area contributed by atoms with E-state index in [0.29, 0.717) is 13.1 Å². The summed E-state index contributed by atoms with van der Waals surface area (Å²) in [5.74, 6) is 0.0772. The summed E-state index contributed by atoms with van der Waals surface area (Å²) in [6.45, 7) is 7.66. The van der Waals surface area contributed by atoms with Gasteiger partial charge in [-0.2, -0.15) is 0 Å². The van der Waals surface area contributed by atoms with Gasteiger partial charge in [-0.15, -0.1) is 0 Å². The van der Waals surface area contributed by atoms with Gasteiger partial charge in [0, 0.05) is 50.2 Å². The van der Waals surface area contributed by atoms with E-state index in [0.717, 1.165) is 30.5 Å². The number of urea groups is 1. The zero-order valence-electron chi connectivity index (χ0n) is 16.1. The third-order valence-electron chi connectivity index (χ3n) is 5.53. The first-order chi connectivity index (χ1) is 12.4. The number of nitrogens with zero attached hydrogens (tertiary/aromatic N) is 2. The van der Waals surface area contributed by atoms with Gasteiger partial charge in [0.2, 0.25) is 5.91 Å². The first-order valence-electron chi connectivity index (χ1n) is 9.20. The molecule has 1 fully saturated rings. The molecule has 3 rings (SSSR count). The molecule has 26 heavy (non-hydrogen) atoms. The summed E-state index contributed by atoms with van der Waals surface area (Å²) in [7, 11) is 1.81. The summed E-state index contributed by atoms with van der Waals surface area (Å²) in [6.07, 6.45) is 1.87. The van der Waals surface area contributed by atoms with Gasteiger partial charge in [-0.1, -0.05) is 12.1 Å². The number of hydrogen-bond acceptors (Lipinski definition) is 2. The molecule has 0 spiro atoms. The number of likely N-dealkylation sites (N-methyl/N-ethyl adjacent to an activating group) is 1. The zero-order chi connectivity index (χ0) is 18.8. The van der Waals surface area contributed by atoms with Gasteiger partial charge < -0.3 is 20.1 Å². The summed E-state index contributed by atoms with van der Waals surface area (Å²) >= 11 is 0. The quantitative estimate of drug-likeness (QED) is 0.888. The fourth-order valence-electron chi connectivity index (χ4n) is 3.65. The van der Waals surface area contributed by atoms with E-state index in [2.05, 4.69) is 42.3 Å². The number of H-pyrrole nitrogens is 1. The van der Waals surface area contributed by atoms with E-state index in [1.165, 1.54) is 16.6 Å². The SMILES string of the molecule is CC(=O)N1CCC[C@@H](N(C)C(=O)NCc2ccc3c(C)c(C)[nH]c3c2)C1. The molecule has 1 aromatic carbocycles. The normalized spacial score (nSPS) is 17.4. The van der Waals surface area contributed by atoms with Crippen molar-refractivity contribution in [3.63, 3.8) is 0 Å². The molecule has 1 aromatic heterocycles. The Morgan fingerprint density at radius 2 is 2.12 bits per heavy atom. The maximum absolute atomic E-state index is 12.5. The highest BCUT2D eigenvalue weighted by molar-refractivity contribution is 5.85. The van der Waals surface area contributed by atoms with Crippen LogP contribution in [0.5, 0.6) is 0 Å². The topological polar surface area (TPSA) is 68.4 Å². The van der Waals surface area contributed by atoms with Gasteiger partial charge >= 0.3 is 6.03 Å². The molecule has 0 bridgehead atoms. The maximum Gasteiger partial charge on any atom is 0.317 e. The van der Waals surface area contributed by atoms with Crippen LogP contribution < -0.4 is 5.32 Å². The van der Waals surface area contributed by atoms with Gasteiger partial charge in [0.1, 0.15) is 0 Å². The highest BCUT2D eigenvalue weighted by atomic mass is 16.2. The van der Waals surface area contributed by atoms with Gasteiger partial charge in [0.05, 0.1) is 6.04 Å². The highest BCUT2D eigenvalue weighted by Gasteiger charge is 2.27. The van der Waals surface area contributed by atoms with Crippen molar-refractivity contribution < 1.29 is 9.59 Å². The average molecular weight is 356 g/mol. The minimum absolute atomic E-state index is 0.0730. The summed E-state index contributed by atoms with van der Waals surface area (Å²) in [6, 6.07) is 6.23. The Bertz CT molecular complexity index is 827. The second-order valence-corrected chi connectivity index (χ2v) is 7.29. The lowest BCUT2D eigenvalue weighted by molar-refractivity contribution is -0.130. The van der Waals surface area contributed by atoms with E-state index < -0.39 is 0 Å². The van der Waals surface area contributed by atoms with Crippen LogP contribution in [-0.4, -0.2) is 52.9 Å². The van der Waals surface area contributed by atoms with Crippen LogP contribution in [0.25, 0.3) is 10.9 Å². The predicted molar refractivity (Wildman–Crippen MR) is 103 cm³/mol. The number of benzene rings is 1. The molecule has 1 saturated heterocycles. The Balaban J connectivity index is 1.60. The molecule has 140 valence electrons. The molecule has 0 unspecified atom stereocenters. The third-order valence-corrected chi connectivity index (χ3v) is 5.53. The van der Waals surface area contributed by atoms with Gasteiger partial charge in [0.25, 0.3) is 0 Å². The largest absolute Gasteiger partial charge is 0.358 e. The molecule has 2 N–H and O–H groups in total. The molecule has 1 atom stereocenters. The van der Waals surface area contributed by atoms with Crippen molar-refractivity contribution in [2.75, 3.05) is 20.1 Å². The Hall–Kier alpha value is -2.50. The molecule has 6 heteroatoms. The number of piperidine rings is 1. The fourth-order valence-corrected chi connectivity index (χ4v) is 3.65. The van der Waals surface area contributed by atoms with E-state index in [4.69, 9.17) is 0 Å². The number of aryl methyl sites for hydroxylation is 2. The van der Waals surface area contributed by atoms with E-state index >= 15 is 0 Å². The number of carbonyl (C=O) groups excluding carboxylic acids is 2. The molecular formula is C20H28N4O2. The number of amides is 3. The van der Waals surface area contributed by atoms with Crippen molar-refractivity contribution in [3.8, 4) is 0 Å². The van der Waals surface area contributed by atoms with Gasteiger partial charge in [-0.25, -0.2) is 4.79 Å². The number of fused-ring (bicyclic) bond motifs is 1. The highest BCUT2D eigenvalue weighted by Crippen LogP contribution is 2.22. The summed E-state index contributed by atoms with van der Waals surface area (Å²) < 4.78 is 0. The zero-order valence-corrected chi connectivity index (χ0v) is 16.1. The van der Waals surface area contributed by atoms with Crippen molar-refractivity contribution in [1.29, 1.82) is 0 Å². The number of nitrogens with one attached hydrogen (secondary N) is 2. The summed E-state index contributed by atoms with van der Waals surface area (Å²) in [5, 5.41) is 4.22. The monoisotopic (exact) mass is 356 g/mol. The minimum Gasteiger partial charge on any atom is -0.358 e. The van der Waals surface area contributed by atoms with E-state index in [9.17, 15) is 9.59 Å².